The van der Waals surface area contributed by atoms with Crippen molar-refractivity contribution in [3.05, 3.63) is 104 Å². The lowest BCUT2D eigenvalue weighted by atomic mass is 10.2. The van der Waals surface area contributed by atoms with Crippen molar-refractivity contribution in [3.8, 4) is 22.9 Å². The van der Waals surface area contributed by atoms with Gasteiger partial charge in [0.2, 0.25) is 10.0 Å². The van der Waals surface area contributed by atoms with Crippen molar-refractivity contribution in [1.82, 2.24) is 14.8 Å². The molecule has 0 unspecified atom stereocenters. The van der Waals surface area contributed by atoms with Crippen molar-refractivity contribution in [3.63, 3.8) is 0 Å². The fourth-order valence-electron chi connectivity index (χ4n) is 3.28. The maximum atomic E-state index is 12.6. The first kappa shape index (κ1) is 24.0. The molecular formula is C23H19ClN4O6S. The second-order valence-corrected chi connectivity index (χ2v) is 9.68. The zero-order valence-electron chi connectivity index (χ0n) is 18.2. The van der Waals surface area contributed by atoms with Crippen LogP contribution in [0.3, 0.4) is 0 Å². The fraction of sp³-hybridized carbons (Fsp3) is 0.0870. The van der Waals surface area contributed by atoms with Gasteiger partial charge in [-0.25, -0.2) is 13.2 Å². The SMILES string of the molecule is Cc1cc(-n2ncc(=O)[nH]c2=O)cc(Cl)c1Oc1ccc(O)c(NS(=O)(=O)Cc2ccccc2)c1. The third-order valence-electron chi connectivity index (χ3n) is 4.82. The molecule has 1 heterocycles. The minimum absolute atomic E-state index is 0.0622. The average Bonchev–Trinajstić information content (AvgIpc) is 2.78. The summed E-state index contributed by atoms with van der Waals surface area (Å²) in [5.41, 5.74) is 0.00953. The summed E-state index contributed by atoms with van der Waals surface area (Å²) in [5, 5.41) is 14.1. The minimum atomic E-state index is -3.82. The Morgan fingerprint density at radius 2 is 1.86 bits per heavy atom. The zero-order valence-corrected chi connectivity index (χ0v) is 19.8. The van der Waals surface area contributed by atoms with E-state index in [9.17, 15) is 23.1 Å². The fourth-order valence-corrected chi connectivity index (χ4v) is 4.78. The van der Waals surface area contributed by atoms with E-state index in [-0.39, 0.29) is 33.7 Å². The van der Waals surface area contributed by atoms with Gasteiger partial charge < -0.3 is 9.84 Å². The Labute approximate surface area is 204 Å². The lowest BCUT2D eigenvalue weighted by Crippen LogP contribution is -2.30. The van der Waals surface area contributed by atoms with Crippen molar-refractivity contribution in [2.24, 2.45) is 0 Å². The monoisotopic (exact) mass is 514 g/mol. The van der Waals surface area contributed by atoms with Crippen LogP contribution in [0.25, 0.3) is 5.69 Å². The number of sulfonamides is 1. The van der Waals surface area contributed by atoms with Crippen LogP contribution >= 0.6 is 11.6 Å². The number of aromatic amines is 1. The van der Waals surface area contributed by atoms with Gasteiger partial charge in [0, 0.05) is 6.07 Å². The molecule has 1 aromatic heterocycles. The van der Waals surface area contributed by atoms with Gasteiger partial charge in [0.05, 0.1) is 22.2 Å². The van der Waals surface area contributed by atoms with E-state index in [0.29, 0.717) is 16.8 Å². The van der Waals surface area contributed by atoms with Crippen molar-refractivity contribution in [2.75, 3.05) is 4.72 Å². The van der Waals surface area contributed by atoms with Crippen LogP contribution in [-0.4, -0.2) is 28.3 Å². The number of nitrogens with zero attached hydrogens (tertiary/aromatic N) is 2. The van der Waals surface area contributed by atoms with Crippen LogP contribution in [0.5, 0.6) is 17.2 Å². The number of halogens is 1. The summed E-state index contributed by atoms with van der Waals surface area (Å²) >= 11 is 6.38. The number of anilines is 1. The van der Waals surface area contributed by atoms with Crippen molar-refractivity contribution in [2.45, 2.75) is 12.7 Å². The van der Waals surface area contributed by atoms with E-state index >= 15 is 0 Å². The molecule has 0 spiro atoms. The molecule has 0 saturated heterocycles. The molecule has 0 amide bonds. The molecular weight excluding hydrogens is 496 g/mol. The van der Waals surface area contributed by atoms with E-state index in [4.69, 9.17) is 16.3 Å². The molecule has 0 bridgehead atoms. The number of hydrogen-bond donors (Lipinski definition) is 3. The molecule has 0 aliphatic heterocycles. The maximum Gasteiger partial charge on any atom is 0.349 e. The number of H-pyrrole nitrogens is 1. The molecule has 0 aliphatic carbocycles. The number of aryl methyl sites for hydroxylation is 1. The Hall–Kier alpha value is -4.09. The molecule has 0 saturated carbocycles. The number of phenolic OH excluding ortho intramolecular Hbond substituents is 1. The third kappa shape index (κ3) is 5.70. The molecule has 0 radical (unpaired) electrons. The highest BCUT2D eigenvalue weighted by atomic mass is 35.5. The van der Waals surface area contributed by atoms with Gasteiger partial charge in [-0.05, 0) is 42.3 Å². The highest BCUT2D eigenvalue weighted by Crippen LogP contribution is 2.37. The van der Waals surface area contributed by atoms with E-state index in [1.807, 2.05) is 0 Å². The van der Waals surface area contributed by atoms with Crippen molar-refractivity contribution < 1.29 is 18.3 Å². The molecule has 0 atom stereocenters. The summed E-state index contributed by atoms with van der Waals surface area (Å²) in [4.78, 5) is 25.4. The average molecular weight is 515 g/mol. The molecule has 180 valence electrons. The third-order valence-corrected chi connectivity index (χ3v) is 6.35. The molecule has 35 heavy (non-hydrogen) atoms. The van der Waals surface area contributed by atoms with Crippen LogP contribution in [0.2, 0.25) is 5.02 Å². The van der Waals surface area contributed by atoms with Gasteiger partial charge in [-0.2, -0.15) is 9.78 Å². The first-order valence-electron chi connectivity index (χ1n) is 10.2. The smallest absolute Gasteiger partial charge is 0.349 e. The predicted octanol–water partition coefficient (Wildman–Crippen LogP) is 3.32. The second-order valence-electron chi connectivity index (χ2n) is 7.55. The van der Waals surface area contributed by atoms with Crippen molar-refractivity contribution in [1.29, 1.82) is 0 Å². The standard InChI is InChI=1S/C23H19ClN4O6S/c1-14-9-16(28-23(31)26-21(30)12-25-28)10-18(24)22(14)34-17-7-8-20(29)19(11-17)27-35(32,33)13-15-5-3-2-4-6-15/h2-12,27,29H,13H2,1H3,(H,26,30,31). The van der Waals surface area contributed by atoms with Crippen molar-refractivity contribution >= 4 is 27.3 Å². The van der Waals surface area contributed by atoms with E-state index in [1.165, 1.54) is 24.3 Å². The summed E-state index contributed by atoms with van der Waals surface area (Å²) in [6.45, 7) is 1.69. The Kier molecular flexibility index (Phi) is 6.63. The number of benzene rings is 3. The molecule has 0 aliphatic rings. The van der Waals surface area contributed by atoms with E-state index in [0.717, 1.165) is 10.9 Å². The Bertz CT molecular complexity index is 1590. The van der Waals surface area contributed by atoms with Gasteiger partial charge in [0.1, 0.15) is 23.4 Å². The maximum absolute atomic E-state index is 12.6. The zero-order chi connectivity index (χ0) is 25.2. The molecule has 3 N–H and O–H groups in total. The minimum Gasteiger partial charge on any atom is -0.506 e. The van der Waals surface area contributed by atoms with Gasteiger partial charge in [0.25, 0.3) is 5.56 Å². The number of phenols is 1. The quantitative estimate of drug-likeness (QED) is 0.321. The summed E-state index contributed by atoms with van der Waals surface area (Å²) < 4.78 is 34.4. The van der Waals surface area contributed by atoms with Gasteiger partial charge in [-0.1, -0.05) is 41.9 Å². The largest absolute Gasteiger partial charge is 0.506 e. The lowest BCUT2D eigenvalue weighted by molar-refractivity contribution is 0.465. The van der Waals surface area contributed by atoms with E-state index in [1.54, 1.807) is 43.3 Å². The number of nitrogens with one attached hydrogen (secondary N) is 2. The van der Waals surface area contributed by atoms with Crippen LogP contribution in [-0.2, 0) is 15.8 Å². The predicted molar refractivity (Wildman–Crippen MR) is 131 cm³/mol. The van der Waals surface area contributed by atoms with Crippen LogP contribution in [0.4, 0.5) is 5.69 Å². The summed E-state index contributed by atoms with van der Waals surface area (Å²) in [6.07, 6.45) is 0.964. The summed E-state index contributed by atoms with van der Waals surface area (Å²) in [7, 11) is -3.82. The van der Waals surface area contributed by atoms with E-state index < -0.39 is 21.3 Å². The second kappa shape index (κ2) is 9.65. The summed E-state index contributed by atoms with van der Waals surface area (Å²) in [5.74, 6) is -0.104. The Morgan fingerprint density at radius 1 is 1.11 bits per heavy atom. The van der Waals surface area contributed by atoms with E-state index in [2.05, 4.69) is 14.8 Å². The van der Waals surface area contributed by atoms with Crippen LogP contribution in [0.1, 0.15) is 11.1 Å². The highest BCUT2D eigenvalue weighted by molar-refractivity contribution is 7.91. The molecule has 4 rings (SSSR count). The number of ether oxygens (including phenoxy) is 1. The number of hydrogen-bond acceptors (Lipinski definition) is 7. The van der Waals surface area contributed by atoms with Gasteiger partial charge >= 0.3 is 5.69 Å². The molecule has 3 aromatic carbocycles. The number of rotatable bonds is 7. The van der Waals surface area contributed by atoms with Crippen LogP contribution in [0, 0.1) is 6.92 Å². The first-order valence-corrected chi connectivity index (χ1v) is 12.2. The molecule has 12 heteroatoms. The summed E-state index contributed by atoms with van der Waals surface area (Å²) in [6, 6.07) is 15.7. The van der Waals surface area contributed by atoms with Crippen LogP contribution in [0.15, 0.2) is 76.4 Å². The van der Waals surface area contributed by atoms with Crippen LogP contribution < -0.4 is 20.7 Å². The Morgan fingerprint density at radius 3 is 2.54 bits per heavy atom. The Balaban J connectivity index is 1.59. The van der Waals surface area contributed by atoms with Gasteiger partial charge in [0.15, 0.2) is 0 Å². The topological polar surface area (TPSA) is 143 Å². The lowest BCUT2D eigenvalue weighted by Gasteiger charge is -2.15. The highest BCUT2D eigenvalue weighted by Gasteiger charge is 2.17. The molecule has 10 nitrogen and oxygen atoms in total. The number of aromatic nitrogens is 3. The number of aromatic hydroxyl groups is 1. The van der Waals surface area contributed by atoms with Gasteiger partial charge in [-0.3, -0.25) is 14.5 Å². The first-order chi connectivity index (χ1) is 16.6. The normalized spacial score (nSPS) is 11.3. The molecule has 4 aromatic rings. The molecule has 0 fully saturated rings. The van der Waals surface area contributed by atoms with Gasteiger partial charge in [-0.15, -0.1) is 0 Å².